The van der Waals surface area contributed by atoms with Crippen LogP contribution in [0.25, 0.3) is 0 Å². The van der Waals surface area contributed by atoms with Gasteiger partial charge in [0.25, 0.3) is 0 Å². The van der Waals surface area contributed by atoms with Crippen molar-refractivity contribution in [3.8, 4) is 0 Å². The number of halogens is 2. The van der Waals surface area contributed by atoms with Gasteiger partial charge >= 0.3 is 0 Å². The van der Waals surface area contributed by atoms with E-state index in [-0.39, 0.29) is 12.1 Å². The molecule has 0 saturated carbocycles. The smallest absolute Gasteiger partial charge is 0.130 e. The summed E-state index contributed by atoms with van der Waals surface area (Å²) in [5, 5.41) is 6.74. The zero-order valence-corrected chi connectivity index (χ0v) is 12.0. The lowest BCUT2D eigenvalue weighted by Gasteiger charge is -2.28. The third-order valence-corrected chi connectivity index (χ3v) is 3.60. The van der Waals surface area contributed by atoms with Crippen molar-refractivity contribution in [1.82, 2.24) is 10.6 Å². The lowest BCUT2D eigenvalue weighted by atomic mass is 10.0. The first-order valence-corrected chi connectivity index (χ1v) is 7.08. The van der Waals surface area contributed by atoms with E-state index in [1.807, 2.05) is 6.92 Å². The molecule has 1 saturated heterocycles. The van der Waals surface area contributed by atoms with Gasteiger partial charge in [-0.25, -0.2) is 8.78 Å². The number of hydrogen-bond donors (Lipinski definition) is 2. The Labute approximate surface area is 118 Å². The van der Waals surface area contributed by atoms with Gasteiger partial charge in [-0.2, -0.15) is 0 Å². The van der Waals surface area contributed by atoms with Crippen molar-refractivity contribution in [2.75, 3.05) is 19.8 Å². The third kappa shape index (κ3) is 4.23. The molecule has 0 spiro atoms. The maximum atomic E-state index is 13.7. The van der Waals surface area contributed by atoms with Crippen molar-refractivity contribution in [2.45, 2.75) is 38.4 Å². The van der Waals surface area contributed by atoms with Crippen LogP contribution in [-0.4, -0.2) is 31.8 Å². The predicted octanol–water partition coefficient (Wildman–Crippen LogP) is 2.38. The molecule has 5 heteroatoms. The Balaban J connectivity index is 1.87. The van der Waals surface area contributed by atoms with Crippen molar-refractivity contribution in [3.63, 3.8) is 0 Å². The Morgan fingerprint density at radius 3 is 2.85 bits per heavy atom. The quantitative estimate of drug-likeness (QED) is 0.871. The minimum absolute atomic E-state index is 0.157. The molecule has 0 amide bonds. The van der Waals surface area contributed by atoms with Crippen LogP contribution in [0.15, 0.2) is 18.2 Å². The van der Waals surface area contributed by atoms with Crippen molar-refractivity contribution in [1.29, 1.82) is 0 Å². The van der Waals surface area contributed by atoms with Gasteiger partial charge in [-0.1, -0.05) is 6.07 Å². The molecule has 1 aliphatic rings. The van der Waals surface area contributed by atoms with E-state index in [2.05, 4.69) is 17.6 Å². The number of hydrogen-bond acceptors (Lipinski definition) is 3. The zero-order valence-electron chi connectivity index (χ0n) is 12.0. The van der Waals surface area contributed by atoms with Crippen LogP contribution >= 0.6 is 0 Å². The van der Waals surface area contributed by atoms with Gasteiger partial charge in [0.1, 0.15) is 11.6 Å². The molecule has 20 heavy (non-hydrogen) atoms. The van der Waals surface area contributed by atoms with E-state index in [9.17, 15) is 8.78 Å². The van der Waals surface area contributed by atoms with Gasteiger partial charge in [0, 0.05) is 36.3 Å². The van der Waals surface area contributed by atoms with Gasteiger partial charge in [0.05, 0.1) is 13.2 Å². The fourth-order valence-corrected chi connectivity index (χ4v) is 2.64. The SMILES string of the molecule is CC(CC1COCCN1)NC(C)c1ccc(F)cc1F. The van der Waals surface area contributed by atoms with Gasteiger partial charge in [0.15, 0.2) is 0 Å². The molecule has 1 aromatic rings. The second-order valence-corrected chi connectivity index (χ2v) is 5.42. The molecule has 3 nitrogen and oxygen atoms in total. The Kier molecular flexibility index (Phi) is 5.46. The second kappa shape index (κ2) is 7.11. The maximum absolute atomic E-state index is 13.7. The second-order valence-electron chi connectivity index (χ2n) is 5.42. The van der Waals surface area contributed by atoms with Crippen LogP contribution in [0.3, 0.4) is 0 Å². The van der Waals surface area contributed by atoms with E-state index in [1.165, 1.54) is 12.1 Å². The summed E-state index contributed by atoms with van der Waals surface area (Å²) in [6.45, 7) is 6.30. The average Bonchev–Trinajstić information content (AvgIpc) is 2.39. The number of nitrogens with one attached hydrogen (secondary N) is 2. The van der Waals surface area contributed by atoms with Crippen LogP contribution in [0, 0.1) is 11.6 Å². The van der Waals surface area contributed by atoms with Crippen LogP contribution in [0.5, 0.6) is 0 Å². The Hall–Kier alpha value is -1.04. The van der Waals surface area contributed by atoms with Crippen molar-refractivity contribution < 1.29 is 13.5 Å². The molecule has 2 rings (SSSR count). The predicted molar refractivity (Wildman–Crippen MR) is 74.6 cm³/mol. The molecule has 3 unspecified atom stereocenters. The Morgan fingerprint density at radius 2 is 2.20 bits per heavy atom. The molecule has 0 bridgehead atoms. The molecule has 1 fully saturated rings. The lowest BCUT2D eigenvalue weighted by Crippen LogP contribution is -2.45. The van der Waals surface area contributed by atoms with Crippen LogP contribution in [0.1, 0.15) is 31.9 Å². The Bertz CT molecular complexity index is 436. The summed E-state index contributed by atoms with van der Waals surface area (Å²) in [7, 11) is 0. The summed E-state index contributed by atoms with van der Waals surface area (Å²) >= 11 is 0. The minimum atomic E-state index is -0.546. The largest absolute Gasteiger partial charge is 0.379 e. The van der Waals surface area contributed by atoms with E-state index in [4.69, 9.17) is 4.74 Å². The fraction of sp³-hybridized carbons (Fsp3) is 0.600. The van der Waals surface area contributed by atoms with Crippen molar-refractivity contribution in [3.05, 3.63) is 35.4 Å². The van der Waals surface area contributed by atoms with Crippen LogP contribution in [0.4, 0.5) is 8.78 Å². The fourth-order valence-electron chi connectivity index (χ4n) is 2.64. The van der Waals surface area contributed by atoms with Crippen molar-refractivity contribution >= 4 is 0 Å². The summed E-state index contributed by atoms with van der Waals surface area (Å²) in [5.41, 5.74) is 0.492. The summed E-state index contributed by atoms with van der Waals surface area (Å²) < 4.78 is 32.0. The van der Waals surface area contributed by atoms with E-state index in [0.717, 1.165) is 25.6 Å². The molecule has 0 aliphatic carbocycles. The maximum Gasteiger partial charge on any atom is 0.130 e. The highest BCUT2D eigenvalue weighted by atomic mass is 19.1. The summed E-state index contributed by atoms with van der Waals surface area (Å²) in [6, 6.07) is 4.10. The standard InChI is InChI=1S/C15H22F2N2O/c1-10(7-13-9-20-6-5-18-13)19-11(2)14-4-3-12(16)8-15(14)17/h3-4,8,10-11,13,18-19H,5-7,9H2,1-2H3. The summed E-state index contributed by atoms with van der Waals surface area (Å²) in [5.74, 6) is -1.05. The molecule has 112 valence electrons. The number of ether oxygens (including phenoxy) is 1. The molecule has 1 aliphatic heterocycles. The Morgan fingerprint density at radius 1 is 1.40 bits per heavy atom. The monoisotopic (exact) mass is 284 g/mol. The normalized spacial score (nSPS) is 22.5. The minimum Gasteiger partial charge on any atom is -0.379 e. The van der Waals surface area contributed by atoms with Crippen molar-refractivity contribution in [2.24, 2.45) is 0 Å². The zero-order chi connectivity index (χ0) is 14.5. The lowest BCUT2D eigenvalue weighted by molar-refractivity contribution is 0.0708. The van der Waals surface area contributed by atoms with Gasteiger partial charge in [-0.3, -0.25) is 0 Å². The molecule has 0 aromatic heterocycles. The molecular formula is C15H22F2N2O. The highest BCUT2D eigenvalue weighted by Crippen LogP contribution is 2.19. The van der Waals surface area contributed by atoms with Gasteiger partial charge in [-0.15, -0.1) is 0 Å². The molecule has 3 atom stereocenters. The third-order valence-electron chi connectivity index (χ3n) is 3.60. The number of rotatable bonds is 5. The van der Waals surface area contributed by atoms with Crippen LogP contribution in [0.2, 0.25) is 0 Å². The first-order valence-electron chi connectivity index (χ1n) is 7.08. The van der Waals surface area contributed by atoms with Crippen LogP contribution < -0.4 is 10.6 Å². The van der Waals surface area contributed by atoms with E-state index >= 15 is 0 Å². The highest BCUT2D eigenvalue weighted by Gasteiger charge is 2.19. The first-order chi connectivity index (χ1) is 9.56. The molecular weight excluding hydrogens is 262 g/mol. The first kappa shape index (κ1) is 15.4. The summed E-state index contributed by atoms with van der Waals surface area (Å²) in [4.78, 5) is 0. The summed E-state index contributed by atoms with van der Waals surface area (Å²) in [6.07, 6.45) is 0.910. The number of morpholine rings is 1. The molecule has 2 N–H and O–H groups in total. The topological polar surface area (TPSA) is 33.3 Å². The van der Waals surface area contributed by atoms with Gasteiger partial charge < -0.3 is 15.4 Å². The highest BCUT2D eigenvalue weighted by molar-refractivity contribution is 5.21. The van der Waals surface area contributed by atoms with E-state index < -0.39 is 11.6 Å². The van der Waals surface area contributed by atoms with Gasteiger partial charge in [0.2, 0.25) is 0 Å². The van der Waals surface area contributed by atoms with Gasteiger partial charge in [-0.05, 0) is 26.3 Å². The molecule has 1 aromatic carbocycles. The average molecular weight is 284 g/mol. The van der Waals surface area contributed by atoms with E-state index in [0.29, 0.717) is 18.2 Å². The number of benzene rings is 1. The van der Waals surface area contributed by atoms with Crippen LogP contribution in [-0.2, 0) is 4.74 Å². The molecule has 0 radical (unpaired) electrons. The molecule has 1 heterocycles. The van der Waals surface area contributed by atoms with E-state index in [1.54, 1.807) is 0 Å².